The number of fused-ring (bicyclic) bond motifs is 1. The number of methoxy groups -OCH3 is 4. The van der Waals surface area contributed by atoms with Crippen LogP contribution >= 0.6 is 0 Å². The Balaban J connectivity index is 2.23. The molecule has 0 aliphatic rings. The predicted octanol–water partition coefficient (Wildman–Crippen LogP) is 3.46. The number of amides is 1. The molecule has 2 aromatic carbocycles. The van der Waals surface area contributed by atoms with Gasteiger partial charge in [0, 0.05) is 24.6 Å². The lowest BCUT2D eigenvalue weighted by atomic mass is 9.99. The number of rotatable bonds is 7. The van der Waals surface area contributed by atoms with Crippen LogP contribution in [0.5, 0.6) is 23.0 Å². The fourth-order valence-electron chi connectivity index (χ4n) is 3.17. The van der Waals surface area contributed by atoms with Crippen molar-refractivity contribution in [3.63, 3.8) is 0 Å². The minimum atomic E-state index is -0.391. The molecule has 8 nitrogen and oxygen atoms in total. The van der Waals surface area contributed by atoms with Crippen molar-refractivity contribution in [2.45, 2.75) is 6.92 Å². The number of carbonyl (C=O) groups is 2. The zero-order valence-electron chi connectivity index (χ0n) is 17.4. The number of benzene rings is 2. The number of nitrogens with zero attached hydrogens (tertiary/aromatic N) is 1. The molecule has 0 spiro atoms. The lowest BCUT2D eigenvalue weighted by molar-refractivity contribution is -0.114. The van der Waals surface area contributed by atoms with Crippen molar-refractivity contribution >= 4 is 28.2 Å². The maximum Gasteiger partial charge on any atom is 0.221 e. The first-order chi connectivity index (χ1) is 14.4. The zero-order valence-corrected chi connectivity index (χ0v) is 17.4. The summed E-state index contributed by atoms with van der Waals surface area (Å²) in [7, 11) is 6.01. The number of pyridine rings is 1. The number of hydrogen-bond acceptors (Lipinski definition) is 7. The van der Waals surface area contributed by atoms with Gasteiger partial charge in [-0.25, -0.2) is 0 Å². The Morgan fingerprint density at radius 2 is 1.40 bits per heavy atom. The van der Waals surface area contributed by atoms with Crippen molar-refractivity contribution in [3.05, 3.63) is 47.8 Å². The van der Waals surface area contributed by atoms with Crippen LogP contribution in [0.15, 0.2) is 36.5 Å². The number of ketones is 1. The van der Waals surface area contributed by atoms with Crippen molar-refractivity contribution in [2.75, 3.05) is 33.8 Å². The quantitative estimate of drug-likeness (QED) is 0.596. The van der Waals surface area contributed by atoms with Gasteiger partial charge in [-0.05, 0) is 29.7 Å². The van der Waals surface area contributed by atoms with Gasteiger partial charge in [0.15, 0.2) is 23.0 Å². The molecule has 1 amide bonds. The summed E-state index contributed by atoms with van der Waals surface area (Å²) in [6, 6.07) is 8.32. The minimum Gasteiger partial charge on any atom is -0.493 e. The molecule has 0 radical (unpaired) electrons. The standard InChI is InChI=1S/C22H22N2O6/c1-12(25)24-16-11-20(30-5)19(29-4)10-15(16)22(26)21-14-9-18(28-3)17(27-2)8-13(14)6-7-23-21/h6-11H,1-5H3,(H,24,25). The molecular weight excluding hydrogens is 388 g/mol. The molecule has 1 heterocycles. The molecule has 0 fully saturated rings. The molecule has 0 aliphatic heterocycles. The highest BCUT2D eigenvalue weighted by molar-refractivity contribution is 6.18. The highest BCUT2D eigenvalue weighted by Gasteiger charge is 2.22. The van der Waals surface area contributed by atoms with Crippen LogP contribution in [0.25, 0.3) is 10.8 Å². The molecule has 1 aromatic heterocycles. The lowest BCUT2D eigenvalue weighted by Gasteiger charge is -2.15. The zero-order chi connectivity index (χ0) is 21.8. The summed E-state index contributed by atoms with van der Waals surface area (Å²) >= 11 is 0. The lowest BCUT2D eigenvalue weighted by Crippen LogP contribution is -2.13. The van der Waals surface area contributed by atoms with E-state index in [0.717, 1.165) is 5.39 Å². The van der Waals surface area contributed by atoms with Gasteiger partial charge in [-0.15, -0.1) is 0 Å². The van der Waals surface area contributed by atoms with Crippen LogP contribution in [0.3, 0.4) is 0 Å². The van der Waals surface area contributed by atoms with Gasteiger partial charge in [0.05, 0.1) is 39.7 Å². The summed E-state index contributed by atoms with van der Waals surface area (Å²) in [5.74, 6) is 1.04. The maximum atomic E-state index is 13.5. The van der Waals surface area contributed by atoms with Crippen molar-refractivity contribution in [2.24, 2.45) is 0 Å². The summed E-state index contributed by atoms with van der Waals surface area (Å²) in [4.78, 5) is 29.5. The van der Waals surface area contributed by atoms with Crippen LogP contribution in [0.4, 0.5) is 5.69 Å². The fraction of sp³-hybridized carbons (Fsp3) is 0.227. The van der Waals surface area contributed by atoms with Crippen LogP contribution in [0.2, 0.25) is 0 Å². The molecule has 8 heteroatoms. The molecule has 0 bridgehead atoms. The SMILES string of the molecule is COc1cc(NC(C)=O)c(C(=O)c2nccc3cc(OC)c(OC)cc23)cc1OC. The molecule has 156 valence electrons. The Bertz CT molecular complexity index is 1130. The monoisotopic (exact) mass is 410 g/mol. The topological polar surface area (TPSA) is 96.0 Å². The van der Waals surface area contributed by atoms with E-state index in [4.69, 9.17) is 18.9 Å². The molecule has 0 atom stereocenters. The van der Waals surface area contributed by atoms with E-state index in [-0.39, 0.29) is 17.2 Å². The van der Waals surface area contributed by atoms with Gasteiger partial charge >= 0.3 is 0 Å². The second kappa shape index (κ2) is 8.69. The molecule has 3 aromatic rings. The van der Waals surface area contributed by atoms with Crippen molar-refractivity contribution in [1.82, 2.24) is 4.98 Å². The molecule has 0 unspecified atom stereocenters. The molecule has 3 rings (SSSR count). The Kier molecular flexibility index (Phi) is 6.06. The predicted molar refractivity (Wildman–Crippen MR) is 112 cm³/mol. The fourth-order valence-corrected chi connectivity index (χ4v) is 3.17. The van der Waals surface area contributed by atoms with E-state index in [1.165, 1.54) is 34.3 Å². The largest absolute Gasteiger partial charge is 0.493 e. The van der Waals surface area contributed by atoms with Crippen molar-refractivity contribution < 1.29 is 28.5 Å². The summed E-state index contributed by atoms with van der Waals surface area (Å²) in [6.07, 6.45) is 1.54. The summed E-state index contributed by atoms with van der Waals surface area (Å²) in [5, 5.41) is 4.01. The van der Waals surface area contributed by atoms with Crippen LogP contribution in [-0.2, 0) is 4.79 Å². The minimum absolute atomic E-state index is 0.201. The van der Waals surface area contributed by atoms with E-state index in [2.05, 4.69) is 10.3 Å². The normalized spacial score (nSPS) is 10.4. The molecule has 1 N–H and O–H groups in total. The van der Waals surface area contributed by atoms with E-state index in [1.807, 2.05) is 0 Å². The van der Waals surface area contributed by atoms with Gasteiger partial charge in [0.2, 0.25) is 11.7 Å². The number of ether oxygens (including phenoxy) is 4. The van der Waals surface area contributed by atoms with E-state index < -0.39 is 5.78 Å². The van der Waals surface area contributed by atoms with E-state index in [0.29, 0.717) is 34.1 Å². The maximum absolute atomic E-state index is 13.5. The van der Waals surface area contributed by atoms with Gasteiger partial charge in [-0.1, -0.05) is 0 Å². The third kappa shape index (κ3) is 3.84. The second-order valence-corrected chi connectivity index (χ2v) is 6.35. The highest BCUT2D eigenvalue weighted by atomic mass is 16.5. The molecule has 0 saturated carbocycles. The molecule has 0 aliphatic carbocycles. The Morgan fingerprint density at radius 1 is 0.833 bits per heavy atom. The summed E-state index contributed by atoms with van der Waals surface area (Å²) < 4.78 is 21.3. The highest BCUT2D eigenvalue weighted by Crippen LogP contribution is 2.37. The van der Waals surface area contributed by atoms with Gasteiger partial charge in [0.25, 0.3) is 0 Å². The van der Waals surface area contributed by atoms with Crippen LogP contribution in [0, 0.1) is 0 Å². The summed E-state index contributed by atoms with van der Waals surface area (Å²) in [6.45, 7) is 1.36. The van der Waals surface area contributed by atoms with Crippen molar-refractivity contribution in [1.29, 1.82) is 0 Å². The molecule has 30 heavy (non-hydrogen) atoms. The van der Waals surface area contributed by atoms with E-state index in [9.17, 15) is 9.59 Å². The van der Waals surface area contributed by atoms with Gasteiger partial charge in [0.1, 0.15) is 5.69 Å². The smallest absolute Gasteiger partial charge is 0.221 e. The van der Waals surface area contributed by atoms with Gasteiger partial charge in [-0.2, -0.15) is 0 Å². The van der Waals surface area contributed by atoms with E-state index >= 15 is 0 Å². The third-order valence-electron chi connectivity index (χ3n) is 4.56. The third-order valence-corrected chi connectivity index (χ3v) is 4.56. The number of hydrogen-bond donors (Lipinski definition) is 1. The average molecular weight is 410 g/mol. The first-order valence-electron chi connectivity index (χ1n) is 9.02. The van der Waals surface area contributed by atoms with Crippen LogP contribution in [-0.4, -0.2) is 45.1 Å². The van der Waals surface area contributed by atoms with Crippen LogP contribution in [0.1, 0.15) is 23.0 Å². The number of aromatic nitrogens is 1. The number of anilines is 1. The number of nitrogens with one attached hydrogen (secondary N) is 1. The van der Waals surface area contributed by atoms with Crippen LogP contribution < -0.4 is 24.3 Å². The molecule has 0 saturated heterocycles. The first-order valence-corrected chi connectivity index (χ1v) is 9.02. The summed E-state index contributed by atoms with van der Waals surface area (Å²) in [5.41, 5.74) is 0.717. The van der Waals surface area contributed by atoms with Gasteiger partial charge < -0.3 is 24.3 Å². The van der Waals surface area contributed by atoms with Crippen molar-refractivity contribution in [3.8, 4) is 23.0 Å². The first kappa shape index (κ1) is 20.9. The Labute approximate surface area is 173 Å². The van der Waals surface area contributed by atoms with E-state index in [1.54, 1.807) is 37.6 Å². The van der Waals surface area contributed by atoms with Gasteiger partial charge in [-0.3, -0.25) is 14.6 Å². The molecular formula is C22H22N2O6. The second-order valence-electron chi connectivity index (χ2n) is 6.35. The Hall–Kier alpha value is -3.81. The average Bonchev–Trinajstić information content (AvgIpc) is 2.76. The number of carbonyl (C=O) groups excluding carboxylic acids is 2. The Morgan fingerprint density at radius 3 is 2.00 bits per heavy atom.